The second kappa shape index (κ2) is 9.30. The van der Waals surface area contributed by atoms with Gasteiger partial charge in [0, 0.05) is 66.7 Å². The summed E-state index contributed by atoms with van der Waals surface area (Å²) >= 11 is 0. The van der Waals surface area contributed by atoms with E-state index in [2.05, 4.69) is 20.1 Å². The van der Waals surface area contributed by atoms with Crippen LogP contribution in [0.2, 0.25) is 0 Å². The Balaban J connectivity index is 1.10. The van der Waals surface area contributed by atoms with Gasteiger partial charge in [0.25, 0.3) is 5.91 Å². The first kappa shape index (κ1) is 24.5. The molecule has 3 aliphatic heterocycles. The highest BCUT2D eigenvalue weighted by Crippen LogP contribution is 2.45. The van der Waals surface area contributed by atoms with Crippen molar-refractivity contribution in [2.24, 2.45) is 5.41 Å². The summed E-state index contributed by atoms with van der Waals surface area (Å²) in [5.74, 6) is -1.65. The monoisotopic (exact) mass is 529 g/mol. The van der Waals surface area contributed by atoms with Gasteiger partial charge in [-0.1, -0.05) is 18.6 Å². The minimum absolute atomic E-state index is 0.0823. The van der Waals surface area contributed by atoms with E-state index in [9.17, 15) is 4.79 Å². The number of anilines is 2. The fourth-order valence-corrected chi connectivity index (χ4v) is 6.80. The third-order valence-corrected chi connectivity index (χ3v) is 9.45. The third-order valence-electron chi connectivity index (χ3n) is 9.45. The molecule has 3 aromatic rings. The molecule has 2 aromatic carbocycles. The third kappa shape index (κ3) is 4.25. The molecule has 1 saturated carbocycles. The van der Waals surface area contributed by atoms with Gasteiger partial charge in [-0.15, -0.1) is 0 Å². The topological polar surface area (TPSA) is 74.5 Å². The summed E-state index contributed by atoms with van der Waals surface area (Å²) in [6.07, 6.45) is 7.16. The van der Waals surface area contributed by atoms with Crippen LogP contribution >= 0.6 is 0 Å². The zero-order valence-corrected chi connectivity index (χ0v) is 22.0. The largest absolute Gasteiger partial charge is 0.383 e. The van der Waals surface area contributed by atoms with E-state index in [4.69, 9.17) is 5.73 Å². The van der Waals surface area contributed by atoms with Gasteiger partial charge in [0.05, 0.1) is 0 Å². The van der Waals surface area contributed by atoms with Gasteiger partial charge in [-0.2, -0.15) is 4.39 Å². The van der Waals surface area contributed by atoms with Crippen LogP contribution in [0.4, 0.5) is 20.3 Å². The fraction of sp³-hybridized carbons (Fsp3) is 0.419. The summed E-state index contributed by atoms with van der Waals surface area (Å²) in [4.78, 5) is 21.1. The van der Waals surface area contributed by atoms with E-state index in [-0.39, 0.29) is 22.9 Å². The Labute approximate surface area is 227 Å². The summed E-state index contributed by atoms with van der Waals surface area (Å²) in [7, 11) is 0. The number of nitrogen functional groups attached to an aromatic ring is 1. The second-order valence-corrected chi connectivity index (χ2v) is 11.8. The molecule has 7 rings (SSSR count). The minimum atomic E-state index is -0.692. The van der Waals surface area contributed by atoms with Crippen molar-refractivity contribution in [1.29, 1.82) is 0 Å². The highest BCUT2D eigenvalue weighted by Gasteiger charge is 2.47. The van der Waals surface area contributed by atoms with E-state index in [0.717, 1.165) is 30.4 Å². The molecule has 0 atom stereocenters. The maximum Gasteiger partial charge on any atom is 0.251 e. The number of likely N-dealkylation sites (tertiary alicyclic amines) is 1. The molecule has 0 radical (unpaired) electrons. The highest BCUT2D eigenvalue weighted by atomic mass is 19.1. The summed E-state index contributed by atoms with van der Waals surface area (Å²) in [6, 6.07) is 13.1. The summed E-state index contributed by atoms with van der Waals surface area (Å²) in [6.45, 7) is 5.08. The number of halogens is 2. The number of fused-ring (bicyclic) bond motifs is 1. The maximum absolute atomic E-state index is 15.1. The predicted molar refractivity (Wildman–Crippen MR) is 149 cm³/mol. The Bertz CT molecular complexity index is 1440. The number of nitrogens with one attached hydrogen (secondary N) is 1. The van der Waals surface area contributed by atoms with E-state index < -0.39 is 11.8 Å². The summed E-state index contributed by atoms with van der Waals surface area (Å²) < 4.78 is 30.1. The lowest BCUT2D eigenvalue weighted by Gasteiger charge is -2.58. The number of hydrogen-bond donors (Lipinski definition) is 2. The SMILES string of the molecule is Nc1nc(F)c(-c2ccc(N3CCC4(CC3)CN(C3CCC3)C4)cc2)cc1-c1cc2c(cc1F)C(=O)NCC2. The number of nitrogens with two attached hydrogens (primary N) is 1. The van der Waals surface area contributed by atoms with Crippen molar-refractivity contribution < 1.29 is 13.6 Å². The first-order chi connectivity index (χ1) is 18.9. The molecule has 0 unspecified atom stereocenters. The molecule has 3 N–H and O–H groups in total. The number of rotatable bonds is 4. The Morgan fingerprint density at radius 1 is 0.949 bits per heavy atom. The van der Waals surface area contributed by atoms with Crippen LogP contribution in [0, 0.1) is 17.2 Å². The van der Waals surface area contributed by atoms with E-state index in [1.807, 2.05) is 24.3 Å². The van der Waals surface area contributed by atoms with Crippen LogP contribution < -0.4 is 16.0 Å². The zero-order valence-electron chi connectivity index (χ0n) is 22.0. The average molecular weight is 530 g/mol. The van der Waals surface area contributed by atoms with Crippen LogP contribution in [0.1, 0.15) is 48.0 Å². The number of carbonyl (C=O) groups excluding carboxylic acids is 1. The fourth-order valence-electron chi connectivity index (χ4n) is 6.80. The van der Waals surface area contributed by atoms with Gasteiger partial charge in [0.2, 0.25) is 5.95 Å². The molecular formula is C31H33F2N5O. The van der Waals surface area contributed by atoms with Gasteiger partial charge in [0.15, 0.2) is 0 Å². The van der Waals surface area contributed by atoms with Crippen molar-refractivity contribution in [3.8, 4) is 22.3 Å². The molecular weight excluding hydrogens is 496 g/mol. The molecule has 6 nitrogen and oxygen atoms in total. The van der Waals surface area contributed by atoms with Crippen LogP contribution in [-0.2, 0) is 6.42 Å². The molecule has 1 spiro atoms. The molecule has 39 heavy (non-hydrogen) atoms. The number of hydrogen-bond acceptors (Lipinski definition) is 5. The molecule has 202 valence electrons. The van der Waals surface area contributed by atoms with Gasteiger partial charge in [0.1, 0.15) is 11.6 Å². The maximum atomic E-state index is 15.1. The van der Waals surface area contributed by atoms with Crippen LogP contribution in [0.15, 0.2) is 42.5 Å². The van der Waals surface area contributed by atoms with Crippen LogP contribution in [0.3, 0.4) is 0 Å². The van der Waals surface area contributed by atoms with Gasteiger partial charge in [-0.25, -0.2) is 9.37 Å². The summed E-state index contributed by atoms with van der Waals surface area (Å²) in [5, 5.41) is 2.72. The molecule has 0 bridgehead atoms. The molecule has 4 heterocycles. The van der Waals surface area contributed by atoms with E-state index in [1.54, 1.807) is 12.1 Å². The van der Waals surface area contributed by atoms with Crippen molar-refractivity contribution >= 4 is 17.4 Å². The number of piperidine rings is 1. The van der Waals surface area contributed by atoms with Gasteiger partial charge >= 0.3 is 0 Å². The van der Waals surface area contributed by atoms with Gasteiger partial charge in [-0.05, 0) is 79.0 Å². The molecule has 1 amide bonds. The Morgan fingerprint density at radius 3 is 2.38 bits per heavy atom. The van der Waals surface area contributed by atoms with Crippen molar-refractivity contribution in [1.82, 2.24) is 15.2 Å². The lowest BCUT2D eigenvalue weighted by molar-refractivity contribution is -0.0664. The lowest BCUT2D eigenvalue weighted by atomic mass is 9.70. The first-order valence-electron chi connectivity index (χ1n) is 14.1. The molecule has 1 aliphatic carbocycles. The molecule has 2 saturated heterocycles. The molecule has 3 fully saturated rings. The van der Waals surface area contributed by atoms with Crippen molar-refractivity contribution in [3.63, 3.8) is 0 Å². The van der Waals surface area contributed by atoms with Crippen molar-refractivity contribution in [2.75, 3.05) is 43.4 Å². The Hall–Kier alpha value is -3.52. The highest BCUT2D eigenvalue weighted by molar-refractivity contribution is 5.97. The van der Waals surface area contributed by atoms with E-state index >= 15 is 8.78 Å². The predicted octanol–water partition coefficient (Wildman–Crippen LogP) is 5.02. The molecule has 1 aromatic heterocycles. The number of amides is 1. The Kier molecular flexibility index (Phi) is 5.84. The molecule has 4 aliphatic rings. The van der Waals surface area contributed by atoms with Gasteiger partial charge in [-0.3, -0.25) is 9.69 Å². The standard InChI is InChI=1S/C31H33F2N5O/c32-27-16-24-20(8-11-35-30(24)39)14-25(27)26-15-23(28(33)36-29(26)34)19-4-6-22(7-5-19)37-12-9-31(10-13-37)17-38(18-31)21-2-1-3-21/h4-7,14-16,21H,1-3,8-13,17-18H2,(H2,34,36)(H,35,39). The first-order valence-corrected chi connectivity index (χ1v) is 14.1. The number of benzene rings is 2. The van der Waals surface area contributed by atoms with E-state index in [1.165, 1.54) is 51.3 Å². The lowest BCUT2D eigenvalue weighted by Crippen LogP contribution is -2.64. The minimum Gasteiger partial charge on any atom is -0.383 e. The quantitative estimate of drug-likeness (QED) is 0.465. The summed E-state index contributed by atoms with van der Waals surface area (Å²) in [5.41, 5.74) is 10.2. The molecule has 8 heteroatoms. The normalized spacial score (nSPS) is 20.8. The smallest absolute Gasteiger partial charge is 0.251 e. The average Bonchev–Trinajstić information content (AvgIpc) is 2.88. The van der Waals surface area contributed by atoms with Crippen LogP contribution in [-0.4, -0.2) is 54.6 Å². The number of nitrogens with zero attached hydrogens (tertiary/aromatic N) is 3. The Morgan fingerprint density at radius 2 is 1.69 bits per heavy atom. The number of pyridine rings is 1. The number of aromatic nitrogens is 1. The van der Waals surface area contributed by atoms with E-state index in [0.29, 0.717) is 35.1 Å². The van der Waals surface area contributed by atoms with Crippen LogP contribution in [0.5, 0.6) is 0 Å². The second-order valence-electron chi connectivity index (χ2n) is 11.8. The van der Waals surface area contributed by atoms with Crippen molar-refractivity contribution in [3.05, 3.63) is 65.4 Å². The number of carbonyl (C=O) groups is 1. The zero-order chi connectivity index (χ0) is 26.7. The van der Waals surface area contributed by atoms with Crippen molar-refractivity contribution in [2.45, 2.75) is 44.6 Å². The van der Waals surface area contributed by atoms with Crippen LogP contribution in [0.25, 0.3) is 22.3 Å². The van der Waals surface area contributed by atoms with Gasteiger partial charge < -0.3 is 16.0 Å².